The van der Waals surface area contributed by atoms with E-state index in [9.17, 15) is 9.59 Å². The Bertz CT molecular complexity index is 780. The van der Waals surface area contributed by atoms with Gasteiger partial charge in [-0.1, -0.05) is 12.1 Å². The number of cyclic esters (lactones) is 2. The summed E-state index contributed by atoms with van der Waals surface area (Å²) < 4.78 is 10.5. The number of hydrogen-bond acceptors (Lipinski definition) is 6. The summed E-state index contributed by atoms with van der Waals surface area (Å²) in [6.07, 6.45) is 3.19. The first-order chi connectivity index (χ1) is 10.7. The lowest BCUT2D eigenvalue weighted by Gasteiger charge is -1.97. The van der Waals surface area contributed by atoms with Gasteiger partial charge in [0.1, 0.15) is 11.5 Å². The molecule has 4 rings (SSSR count). The van der Waals surface area contributed by atoms with Crippen LogP contribution in [-0.4, -0.2) is 11.9 Å². The van der Waals surface area contributed by atoms with Crippen molar-refractivity contribution in [2.75, 3.05) is 0 Å². The zero-order valence-electron chi connectivity index (χ0n) is 11.1. The fraction of sp³-hybridized carbons (Fsp3) is 0. The van der Waals surface area contributed by atoms with Crippen molar-refractivity contribution in [1.82, 2.24) is 0 Å². The predicted octanol–water partition coefficient (Wildman–Crippen LogP) is 3.60. The Labute approximate surface area is 133 Å². The summed E-state index contributed by atoms with van der Waals surface area (Å²) >= 11 is 2.94. The molecule has 0 unspecified atom stereocenters. The molecule has 0 spiro atoms. The normalized spacial score (nSPS) is 20.7. The Hall–Kier alpha value is -2.44. The first kappa shape index (κ1) is 13.2. The third-order valence-electron chi connectivity index (χ3n) is 3.21. The third kappa shape index (κ3) is 2.13. The van der Waals surface area contributed by atoms with Gasteiger partial charge in [0.2, 0.25) is 0 Å². The Morgan fingerprint density at radius 1 is 0.727 bits per heavy atom. The number of carbonyl (C=O) groups excluding carboxylic acids is 2. The van der Waals surface area contributed by atoms with Gasteiger partial charge in [0.25, 0.3) is 0 Å². The van der Waals surface area contributed by atoms with Crippen LogP contribution in [0.1, 0.15) is 9.75 Å². The molecule has 0 aliphatic carbocycles. The Balaban J connectivity index is 1.77. The summed E-state index contributed by atoms with van der Waals surface area (Å²) in [6.45, 7) is 0. The van der Waals surface area contributed by atoms with Crippen LogP contribution >= 0.6 is 22.7 Å². The maximum atomic E-state index is 12.0. The van der Waals surface area contributed by atoms with Gasteiger partial charge in [-0.05, 0) is 35.0 Å². The first-order valence-electron chi connectivity index (χ1n) is 6.42. The number of thiophene rings is 2. The smallest absolute Gasteiger partial charge is 0.344 e. The molecule has 0 bridgehead atoms. The molecular weight excluding hydrogens is 320 g/mol. The fourth-order valence-electron chi connectivity index (χ4n) is 2.20. The van der Waals surface area contributed by atoms with Crippen molar-refractivity contribution in [2.24, 2.45) is 0 Å². The predicted molar refractivity (Wildman–Crippen MR) is 83.8 cm³/mol. The lowest BCUT2D eigenvalue weighted by atomic mass is 10.1. The van der Waals surface area contributed by atoms with Crippen molar-refractivity contribution in [3.8, 4) is 0 Å². The molecule has 0 saturated carbocycles. The molecule has 2 aromatic rings. The summed E-state index contributed by atoms with van der Waals surface area (Å²) in [6, 6.07) is 7.46. The summed E-state index contributed by atoms with van der Waals surface area (Å²) in [5.74, 6) is -0.125. The van der Waals surface area contributed by atoms with Gasteiger partial charge in [-0.25, -0.2) is 9.59 Å². The van der Waals surface area contributed by atoms with Gasteiger partial charge in [-0.3, -0.25) is 0 Å². The summed E-state index contributed by atoms with van der Waals surface area (Å²) in [5, 5.41) is 3.79. The highest BCUT2D eigenvalue weighted by Crippen LogP contribution is 2.35. The molecule has 2 aliphatic rings. The van der Waals surface area contributed by atoms with Crippen LogP contribution in [0.3, 0.4) is 0 Å². The zero-order chi connectivity index (χ0) is 15.1. The highest BCUT2D eigenvalue weighted by Gasteiger charge is 2.32. The monoisotopic (exact) mass is 328 g/mol. The van der Waals surface area contributed by atoms with Crippen LogP contribution in [0.2, 0.25) is 0 Å². The maximum Gasteiger partial charge on any atom is 0.344 e. The van der Waals surface area contributed by atoms with Gasteiger partial charge in [0.05, 0.1) is 20.9 Å². The molecule has 0 fully saturated rings. The van der Waals surface area contributed by atoms with Crippen LogP contribution in [0.25, 0.3) is 11.5 Å². The second-order valence-electron chi connectivity index (χ2n) is 4.58. The van der Waals surface area contributed by atoms with E-state index in [0.29, 0.717) is 11.5 Å². The molecule has 0 atom stereocenters. The SMILES string of the molecule is O=C1OC(c2cccs2)=C/C1=C1/C=C(c2cccs2)OC1=O. The Morgan fingerprint density at radius 2 is 1.18 bits per heavy atom. The quantitative estimate of drug-likeness (QED) is 0.624. The van der Waals surface area contributed by atoms with Gasteiger partial charge < -0.3 is 9.47 Å². The molecule has 2 aliphatic heterocycles. The second kappa shape index (κ2) is 5.08. The average Bonchev–Trinajstić information content (AvgIpc) is 3.25. The number of carbonyl (C=O) groups is 2. The largest absolute Gasteiger partial charge is 0.421 e. The number of ether oxygens (including phenoxy) is 2. The topological polar surface area (TPSA) is 52.6 Å². The minimum Gasteiger partial charge on any atom is -0.421 e. The summed E-state index contributed by atoms with van der Waals surface area (Å²) in [7, 11) is 0. The van der Waals surface area contributed by atoms with Gasteiger partial charge in [-0.15, -0.1) is 22.7 Å². The molecule has 108 valence electrons. The van der Waals surface area contributed by atoms with Crippen molar-refractivity contribution in [2.45, 2.75) is 0 Å². The van der Waals surface area contributed by atoms with Crippen molar-refractivity contribution in [3.63, 3.8) is 0 Å². The molecule has 22 heavy (non-hydrogen) atoms. The Kier molecular flexibility index (Phi) is 3.06. The van der Waals surface area contributed by atoms with Gasteiger partial charge in [0, 0.05) is 0 Å². The summed E-state index contributed by atoms with van der Waals surface area (Å²) in [5.41, 5.74) is 0.472. The van der Waals surface area contributed by atoms with Gasteiger partial charge in [-0.2, -0.15) is 0 Å². The molecule has 0 radical (unpaired) electrons. The lowest BCUT2D eigenvalue weighted by Crippen LogP contribution is -2.05. The van der Waals surface area contributed by atoms with Crippen LogP contribution in [0.4, 0.5) is 0 Å². The summed E-state index contributed by atoms with van der Waals surface area (Å²) in [4.78, 5) is 25.8. The van der Waals surface area contributed by atoms with Crippen LogP contribution in [0.5, 0.6) is 0 Å². The van der Waals surface area contributed by atoms with Gasteiger partial charge >= 0.3 is 11.9 Å². The molecule has 0 N–H and O–H groups in total. The molecule has 0 amide bonds. The van der Waals surface area contributed by atoms with Crippen molar-refractivity contribution >= 4 is 46.1 Å². The molecule has 0 aromatic carbocycles. The number of rotatable bonds is 2. The van der Waals surface area contributed by atoms with Crippen LogP contribution in [-0.2, 0) is 19.1 Å². The molecular formula is C16H8O4S2. The van der Waals surface area contributed by atoms with E-state index in [2.05, 4.69) is 0 Å². The van der Waals surface area contributed by atoms with E-state index in [0.717, 1.165) is 9.75 Å². The van der Waals surface area contributed by atoms with E-state index in [-0.39, 0.29) is 11.1 Å². The highest BCUT2D eigenvalue weighted by atomic mass is 32.1. The van der Waals surface area contributed by atoms with E-state index in [4.69, 9.17) is 9.47 Å². The standard InChI is InChI=1S/C16H8O4S2/c17-15-9(7-11(19-15)13-3-1-5-21-13)10-8-12(20-16(10)18)14-4-2-6-22-14/h1-8H/b10-9+. The van der Waals surface area contributed by atoms with Crippen LogP contribution in [0.15, 0.2) is 58.3 Å². The molecule has 2 aromatic heterocycles. The minimum atomic E-state index is -0.529. The molecule has 4 heterocycles. The third-order valence-corrected chi connectivity index (χ3v) is 4.98. The van der Waals surface area contributed by atoms with Crippen LogP contribution in [0, 0.1) is 0 Å². The Morgan fingerprint density at radius 3 is 1.55 bits per heavy atom. The van der Waals surface area contributed by atoms with Crippen molar-refractivity contribution in [1.29, 1.82) is 0 Å². The zero-order valence-corrected chi connectivity index (χ0v) is 12.7. The van der Waals surface area contributed by atoms with E-state index in [1.807, 2.05) is 35.0 Å². The maximum absolute atomic E-state index is 12.0. The molecule has 4 nitrogen and oxygen atoms in total. The van der Waals surface area contributed by atoms with Gasteiger partial charge in [0.15, 0.2) is 0 Å². The van der Waals surface area contributed by atoms with Crippen molar-refractivity contribution < 1.29 is 19.1 Å². The van der Waals surface area contributed by atoms with E-state index < -0.39 is 11.9 Å². The number of hydrogen-bond donors (Lipinski definition) is 0. The fourth-order valence-corrected chi connectivity index (χ4v) is 3.56. The van der Waals surface area contributed by atoms with Crippen molar-refractivity contribution in [3.05, 3.63) is 68.1 Å². The first-order valence-corrected chi connectivity index (χ1v) is 8.18. The van der Waals surface area contributed by atoms with Crippen LogP contribution < -0.4 is 0 Å². The number of esters is 2. The van der Waals surface area contributed by atoms with E-state index >= 15 is 0 Å². The van der Waals surface area contributed by atoms with E-state index in [1.54, 1.807) is 12.2 Å². The average molecular weight is 328 g/mol. The highest BCUT2D eigenvalue weighted by molar-refractivity contribution is 7.11. The lowest BCUT2D eigenvalue weighted by molar-refractivity contribution is -0.133. The van der Waals surface area contributed by atoms with E-state index in [1.165, 1.54) is 22.7 Å². The molecule has 0 saturated heterocycles. The minimum absolute atomic E-state index is 0.236. The molecule has 6 heteroatoms. The second-order valence-corrected chi connectivity index (χ2v) is 6.47.